The molecular weight excluding hydrogens is 348 g/mol. The molecule has 1 N–H and O–H groups in total. The van der Waals surface area contributed by atoms with Crippen LogP contribution in [0.2, 0.25) is 0 Å². The molecule has 0 unspecified atom stereocenters. The number of rotatable bonds is 7. The molecule has 1 saturated carbocycles. The van der Waals surface area contributed by atoms with Gasteiger partial charge in [-0.25, -0.2) is 0 Å². The maximum atomic E-state index is 12.3. The number of nitrogens with zero attached hydrogens (tertiary/aromatic N) is 3. The van der Waals surface area contributed by atoms with Crippen molar-refractivity contribution in [2.45, 2.75) is 56.3 Å². The van der Waals surface area contributed by atoms with Gasteiger partial charge in [-0.1, -0.05) is 30.0 Å². The van der Waals surface area contributed by atoms with Crippen molar-refractivity contribution in [3.8, 4) is 0 Å². The third kappa shape index (κ3) is 4.10. The highest BCUT2D eigenvalue weighted by molar-refractivity contribution is 7.99. The molecule has 1 saturated heterocycles. The maximum Gasteiger partial charge on any atom is 0.234 e. The third-order valence-corrected chi connectivity index (χ3v) is 5.82. The van der Waals surface area contributed by atoms with E-state index in [1.807, 2.05) is 31.2 Å². The van der Waals surface area contributed by atoms with E-state index in [2.05, 4.69) is 20.1 Å². The van der Waals surface area contributed by atoms with Crippen molar-refractivity contribution in [2.24, 2.45) is 0 Å². The zero-order valence-electron chi connectivity index (χ0n) is 15.0. The van der Waals surface area contributed by atoms with E-state index >= 15 is 0 Å². The van der Waals surface area contributed by atoms with Crippen LogP contribution in [-0.4, -0.2) is 39.1 Å². The normalized spacial score (nSPS) is 19.7. The van der Waals surface area contributed by atoms with E-state index < -0.39 is 0 Å². The molecule has 1 aliphatic carbocycles. The molecule has 2 fully saturated rings. The lowest BCUT2D eigenvalue weighted by Gasteiger charge is -2.14. The van der Waals surface area contributed by atoms with E-state index in [4.69, 9.17) is 4.74 Å². The van der Waals surface area contributed by atoms with Crippen molar-refractivity contribution in [1.29, 1.82) is 0 Å². The summed E-state index contributed by atoms with van der Waals surface area (Å²) in [4.78, 5) is 12.3. The minimum absolute atomic E-state index is 0.0241. The molecule has 26 heavy (non-hydrogen) atoms. The first kappa shape index (κ1) is 17.5. The summed E-state index contributed by atoms with van der Waals surface area (Å²) in [5, 5.41) is 12.6. The third-order valence-electron chi connectivity index (χ3n) is 4.85. The Bertz CT molecular complexity index is 782. The number of benzene rings is 1. The summed E-state index contributed by atoms with van der Waals surface area (Å²) in [6.45, 7) is 3.62. The SMILES string of the molecule is Cc1ccccc1NC(=O)CSc1nnc(C2CC2)n1C[C@H]1CCCO1. The average molecular weight is 372 g/mol. The van der Waals surface area contributed by atoms with E-state index in [0.29, 0.717) is 11.7 Å². The van der Waals surface area contributed by atoms with Gasteiger partial charge in [0.05, 0.1) is 18.4 Å². The van der Waals surface area contributed by atoms with Crippen LogP contribution in [0.15, 0.2) is 29.4 Å². The zero-order chi connectivity index (χ0) is 17.9. The number of para-hydroxylation sites is 1. The molecule has 2 heterocycles. The first-order valence-corrected chi connectivity index (χ1v) is 10.2. The van der Waals surface area contributed by atoms with Crippen LogP contribution in [0, 0.1) is 6.92 Å². The van der Waals surface area contributed by atoms with Gasteiger partial charge in [-0.15, -0.1) is 10.2 Å². The van der Waals surface area contributed by atoms with Gasteiger partial charge in [-0.05, 0) is 44.2 Å². The van der Waals surface area contributed by atoms with Gasteiger partial charge in [0.25, 0.3) is 0 Å². The zero-order valence-corrected chi connectivity index (χ0v) is 15.8. The monoisotopic (exact) mass is 372 g/mol. The van der Waals surface area contributed by atoms with Gasteiger partial charge in [0.2, 0.25) is 5.91 Å². The molecule has 2 aliphatic rings. The fourth-order valence-corrected chi connectivity index (χ4v) is 4.00. The predicted octanol–water partition coefficient (Wildman–Crippen LogP) is 3.37. The van der Waals surface area contributed by atoms with Crippen molar-refractivity contribution in [3.05, 3.63) is 35.7 Å². The molecule has 4 rings (SSSR count). The second kappa shape index (κ2) is 7.80. The molecule has 0 spiro atoms. The number of carbonyl (C=O) groups is 1. The summed E-state index contributed by atoms with van der Waals surface area (Å²) in [7, 11) is 0. The van der Waals surface area contributed by atoms with Crippen molar-refractivity contribution in [2.75, 3.05) is 17.7 Å². The highest BCUT2D eigenvalue weighted by Crippen LogP contribution is 2.40. The standard InChI is InChI=1S/C19H24N4O2S/c1-13-5-2-3-7-16(13)20-17(24)12-26-19-22-21-18(14-8-9-14)23(19)11-15-6-4-10-25-15/h2-3,5,7,14-15H,4,6,8-12H2,1H3,(H,20,24)/t15-/m1/s1. The number of aromatic nitrogens is 3. The average Bonchev–Trinajstić information content (AvgIpc) is 3.20. The minimum atomic E-state index is -0.0241. The molecule has 1 aromatic carbocycles. The van der Waals surface area contributed by atoms with Crippen LogP contribution in [0.4, 0.5) is 5.69 Å². The van der Waals surface area contributed by atoms with Crippen LogP contribution < -0.4 is 5.32 Å². The van der Waals surface area contributed by atoms with Crippen LogP contribution in [0.3, 0.4) is 0 Å². The highest BCUT2D eigenvalue weighted by Gasteiger charge is 2.32. The van der Waals surface area contributed by atoms with E-state index in [1.54, 1.807) is 0 Å². The molecule has 0 radical (unpaired) electrons. The summed E-state index contributed by atoms with van der Waals surface area (Å²) in [6.07, 6.45) is 4.81. The molecule has 6 nitrogen and oxygen atoms in total. The smallest absolute Gasteiger partial charge is 0.234 e. The number of thioether (sulfide) groups is 1. The molecule has 1 amide bonds. The molecule has 7 heteroatoms. The Labute approximate surface area is 157 Å². The van der Waals surface area contributed by atoms with E-state index in [-0.39, 0.29) is 12.0 Å². The number of nitrogens with one attached hydrogen (secondary N) is 1. The van der Waals surface area contributed by atoms with Crippen molar-refractivity contribution >= 4 is 23.4 Å². The lowest BCUT2D eigenvalue weighted by molar-refractivity contribution is -0.113. The van der Waals surface area contributed by atoms with E-state index in [9.17, 15) is 4.79 Å². The molecule has 1 aliphatic heterocycles. The van der Waals surface area contributed by atoms with Crippen LogP contribution >= 0.6 is 11.8 Å². The van der Waals surface area contributed by atoms with E-state index in [1.165, 1.54) is 24.6 Å². The van der Waals surface area contributed by atoms with Gasteiger partial charge in [0.1, 0.15) is 5.82 Å². The van der Waals surface area contributed by atoms with Gasteiger partial charge < -0.3 is 14.6 Å². The second-order valence-corrected chi connectivity index (χ2v) is 7.95. The number of aryl methyl sites for hydroxylation is 1. The van der Waals surface area contributed by atoms with Crippen molar-refractivity contribution < 1.29 is 9.53 Å². The molecule has 0 bridgehead atoms. The molecule has 138 valence electrons. The second-order valence-electron chi connectivity index (χ2n) is 7.01. The lowest BCUT2D eigenvalue weighted by Crippen LogP contribution is -2.19. The Kier molecular flexibility index (Phi) is 5.26. The summed E-state index contributed by atoms with van der Waals surface area (Å²) in [5.74, 6) is 1.88. The van der Waals surface area contributed by atoms with Crippen LogP contribution in [0.1, 0.15) is 43.0 Å². The van der Waals surface area contributed by atoms with Gasteiger partial charge >= 0.3 is 0 Å². The Morgan fingerprint density at radius 2 is 2.15 bits per heavy atom. The first-order chi connectivity index (χ1) is 12.7. The largest absolute Gasteiger partial charge is 0.376 e. The van der Waals surface area contributed by atoms with Gasteiger partial charge in [-0.3, -0.25) is 4.79 Å². The Hall–Kier alpha value is -1.86. The number of ether oxygens (including phenoxy) is 1. The molecule has 1 aromatic heterocycles. The predicted molar refractivity (Wildman–Crippen MR) is 102 cm³/mol. The Balaban J connectivity index is 1.41. The lowest BCUT2D eigenvalue weighted by atomic mass is 10.2. The fourth-order valence-electron chi connectivity index (χ4n) is 3.24. The summed E-state index contributed by atoms with van der Waals surface area (Å²) in [6, 6.07) is 7.80. The number of hydrogen-bond acceptors (Lipinski definition) is 5. The maximum absolute atomic E-state index is 12.3. The highest BCUT2D eigenvalue weighted by atomic mass is 32.2. The number of hydrogen-bond donors (Lipinski definition) is 1. The molecular formula is C19H24N4O2S. The number of anilines is 1. The quantitative estimate of drug-likeness (QED) is 0.755. The van der Waals surface area contributed by atoms with E-state index in [0.717, 1.165) is 48.2 Å². The van der Waals surface area contributed by atoms with Gasteiger partial charge in [0, 0.05) is 18.2 Å². The van der Waals surface area contributed by atoms with Crippen molar-refractivity contribution in [3.63, 3.8) is 0 Å². The van der Waals surface area contributed by atoms with Crippen LogP contribution in [0.5, 0.6) is 0 Å². The van der Waals surface area contributed by atoms with Gasteiger partial charge in [-0.2, -0.15) is 0 Å². The molecule has 1 atom stereocenters. The Morgan fingerprint density at radius 3 is 2.88 bits per heavy atom. The number of carbonyl (C=O) groups excluding carboxylic acids is 1. The summed E-state index contributed by atoms with van der Waals surface area (Å²) >= 11 is 1.45. The minimum Gasteiger partial charge on any atom is -0.376 e. The molecule has 2 aromatic rings. The summed E-state index contributed by atoms with van der Waals surface area (Å²) < 4.78 is 7.97. The topological polar surface area (TPSA) is 69.0 Å². The van der Waals surface area contributed by atoms with Crippen LogP contribution in [-0.2, 0) is 16.1 Å². The van der Waals surface area contributed by atoms with Crippen molar-refractivity contribution in [1.82, 2.24) is 14.8 Å². The van der Waals surface area contributed by atoms with Gasteiger partial charge in [0.15, 0.2) is 5.16 Å². The Morgan fingerprint density at radius 1 is 1.31 bits per heavy atom. The summed E-state index contributed by atoms with van der Waals surface area (Å²) in [5.41, 5.74) is 1.92. The number of amides is 1. The van der Waals surface area contributed by atoms with Crippen LogP contribution in [0.25, 0.3) is 0 Å². The first-order valence-electron chi connectivity index (χ1n) is 9.23. The fraction of sp³-hybridized carbons (Fsp3) is 0.526.